The van der Waals surface area contributed by atoms with Crippen LogP contribution in [0.25, 0.3) is 0 Å². The van der Waals surface area contributed by atoms with Crippen molar-refractivity contribution in [1.29, 1.82) is 0 Å². The molecule has 2 fully saturated rings. The summed E-state index contributed by atoms with van der Waals surface area (Å²) < 4.78 is 50.5. The molecule has 35 heavy (non-hydrogen) atoms. The number of rotatable bonds is 7. The second kappa shape index (κ2) is 14.9. The Morgan fingerprint density at radius 1 is 1.31 bits per heavy atom. The highest BCUT2D eigenvalue weighted by atomic mass is 19.4. The summed E-state index contributed by atoms with van der Waals surface area (Å²) in [6.45, 7) is 7.58. The average molecular weight is 503 g/mol. The molecule has 0 saturated carbocycles. The van der Waals surface area contributed by atoms with Crippen LogP contribution in [0.1, 0.15) is 57.3 Å². The Labute approximate surface area is 205 Å². The number of halogens is 3. The van der Waals surface area contributed by atoms with Crippen LogP contribution in [0.3, 0.4) is 0 Å². The van der Waals surface area contributed by atoms with Gasteiger partial charge >= 0.3 is 6.18 Å². The van der Waals surface area contributed by atoms with Gasteiger partial charge in [0, 0.05) is 44.1 Å². The Morgan fingerprint density at radius 3 is 2.51 bits per heavy atom. The molecule has 198 valence electrons. The van der Waals surface area contributed by atoms with E-state index < -0.39 is 24.7 Å². The first-order valence-electron chi connectivity index (χ1n) is 11.5. The quantitative estimate of drug-likeness (QED) is 0.428. The largest absolute Gasteiger partial charge is 0.446 e. The van der Waals surface area contributed by atoms with E-state index in [0.29, 0.717) is 25.3 Å². The van der Waals surface area contributed by atoms with E-state index in [1.807, 2.05) is 23.8 Å². The average Bonchev–Trinajstić information content (AvgIpc) is 3.42. The van der Waals surface area contributed by atoms with Crippen molar-refractivity contribution in [3.63, 3.8) is 0 Å². The van der Waals surface area contributed by atoms with Gasteiger partial charge in [-0.1, -0.05) is 23.8 Å². The fourth-order valence-corrected chi connectivity index (χ4v) is 3.76. The van der Waals surface area contributed by atoms with Gasteiger partial charge < -0.3 is 24.4 Å². The number of aliphatic hydroxyl groups excluding tert-OH is 2. The topological polar surface area (TPSA) is 86.0 Å². The molecule has 0 radical (unpaired) electrons. The summed E-state index contributed by atoms with van der Waals surface area (Å²) in [6.07, 6.45) is 10.9. The van der Waals surface area contributed by atoms with E-state index in [2.05, 4.69) is 32.8 Å². The van der Waals surface area contributed by atoms with Crippen molar-refractivity contribution in [2.24, 2.45) is 0 Å². The zero-order chi connectivity index (χ0) is 26.6. The molecule has 4 unspecified atom stereocenters. The maximum Gasteiger partial charge on any atom is 0.386 e. The Balaban J connectivity index is 0.000000779. The molecule has 2 N–H and O–H groups in total. The highest BCUT2D eigenvalue weighted by molar-refractivity contribution is 5.35. The Morgan fingerprint density at radius 2 is 1.97 bits per heavy atom. The molecule has 2 saturated heterocycles. The van der Waals surface area contributed by atoms with Gasteiger partial charge in [-0.15, -0.1) is 17.9 Å². The van der Waals surface area contributed by atoms with Crippen molar-refractivity contribution >= 4 is 0 Å². The standard InChI is InChI=1S/C21H32N2O5.C2H3F3.C2H2/c1-4-5-6-14(2)9-19-15(3)23(16-7-8-26-13-16)22-21(19)28-20-11-17(25)10-18(12-24)27-20;1-2(3,4)5;1-2/h4-6,16-18,20,24-25H,7-13H2,1-3H3;1H3;1-2H/b5-4-,14-6+;;. The van der Waals surface area contributed by atoms with Gasteiger partial charge in [-0.25, -0.2) is 0 Å². The minimum Gasteiger partial charge on any atom is -0.446 e. The van der Waals surface area contributed by atoms with Crippen LogP contribution in [0.15, 0.2) is 23.8 Å². The van der Waals surface area contributed by atoms with E-state index in [0.717, 1.165) is 30.7 Å². The Kier molecular flexibility index (Phi) is 13.1. The summed E-state index contributed by atoms with van der Waals surface area (Å²) in [4.78, 5) is 0. The van der Waals surface area contributed by atoms with Crippen molar-refractivity contribution in [2.75, 3.05) is 19.8 Å². The molecule has 0 aromatic carbocycles. The summed E-state index contributed by atoms with van der Waals surface area (Å²) in [5.41, 5.74) is 3.29. The molecule has 4 atom stereocenters. The first-order valence-corrected chi connectivity index (χ1v) is 11.5. The summed E-state index contributed by atoms with van der Waals surface area (Å²) in [5.74, 6) is 0.536. The maximum absolute atomic E-state index is 10.4. The van der Waals surface area contributed by atoms with Crippen molar-refractivity contribution in [2.45, 2.75) is 84.1 Å². The molecule has 7 nitrogen and oxygen atoms in total. The molecule has 0 aliphatic carbocycles. The first-order chi connectivity index (χ1) is 16.5. The molecular weight excluding hydrogens is 465 g/mol. The smallest absolute Gasteiger partial charge is 0.386 e. The highest BCUT2D eigenvalue weighted by Crippen LogP contribution is 2.32. The van der Waals surface area contributed by atoms with Gasteiger partial charge in [-0.05, 0) is 27.2 Å². The number of terminal acetylenes is 1. The molecule has 3 rings (SSSR count). The molecule has 0 amide bonds. The van der Waals surface area contributed by atoms with Crippen LogP contribution >= 0.6 is 0 Å². The number of aromatic nitrogens is 2. The van der Waals surface area contributed by atoms with Crippen molar-refractivity contribution in [3.8, 4) is 18.7 Å². The molecule has 1 aromatic rings. The van der Waals surface area contributed by atoms with E-state index in [4.69, 9.17) is 19.3 Å². The summed E-state index contributed by atoms with van der Waals surface area (Å²) in [5, 5.41) is 24.2. The van der Waals surface area contributed by atoms with Crippen molar-refractivity contribution in [1.82, 2.24) is 9.78 Å². The predicted molar refractivity (Wildman–Crippen MR) is 127 cm³/mol. The molecule has 1 aromatic heterocycles. The minimum atomic E-state index is -4.00. The number of nitrogens with zero attached hydrogens (tertiary/aromatic N) is 2. The SMILES string of the molecule is C#C.C/C=C\C=C(/C)Cc1c(OC2CC(O)CC(CO)O2)nn(C2CCOC2)c1C.CC(F)(F)F. The van der Waals surface area contributed by atoms with Crippen LogP contribution in [-0.2, 0) is 15.9 Å². The lowest BCUT2D eigenvalue weighted by Gasteiger charge is -2.31. The summed E-state index contributed by atoms with van der Waals surface area (Å²) in [6, 6.07) is 0.207. The van der Waals surface area contributed by atoms with E-state index in [1.54, 1.807) is 0 Å². The van der Waals surface area contributed by atoms with Crippen molar-refractivity contribution < 1.29 is 37.6 Å². The number of aliphatic hydroxyl groups is 2. The third kappa shape index (κ3) is 10.9. The first kappa shape index (κ1) is 30.7. The molecule has 10 heteroatoms. The lowest BCUT2D eigenvalue weighted by atomic mass is 10.1. The molecule has 0 spiro atoms. The number of allylic oxidation sites excluding steroid dienone is 4. The number of alkyl halides is 3. The molecule has 2 aliphatic rings. The van der Waals surface area contributed by atoms with Gasteiger partial charge in [0.15, 0.2) is 0 Å². The van der Waals surface area contributed by atoms with Crippen LogP contribution in [0.5, 0.6) is 5.88 Å². The number of hydrogen-bond acceptors (Lipinski definition) is 6. The fourth-order valence-electron chi connectivity index (χ4n) is 3.76. The normalized spacial score (nSPS) is 24.9. The van der Waals surface area contributed by atoms with E-state index in [1.165, 1.54) is 5.57 Å². The minimum absolute atomic E-state index is 0.137. The number of hydrogen-bond donors (Lipinski definition) is 2. The van der Waals surface area contributed by atoms with Gasteiger partial charge in [0.05, 0.1) is 31.5 Å². The van der Waals surface area contributed by atoms with Crippen LogP contribution in [0.2, 0.25) is 0 Å². The zero-order valence-corrected chi connectivity index (χ0v) is 20.8. The highest BCUT2D eigenvalue weighted by Gasteiger charge is 2.32. The van der Waals surface area contributed by atoms with Crippen LogP contribution < -0.4 is 4.74 Å². The van der Waals surface area contributed by atoms with Crippen LogP contribution in [-0.4, -0.2) is 64.5 Å². The Bertz CT molecular complexity index is 836. The van der Waals surface area contributed by atoms with Crippen LogP contribution in [0.4, 0.5) is 13.2 Å². The molecule has 2 aliphatic heterocycles. The fraction of sp³-hybridized carbons (Fsp3) is 0.640. The van der Waals surface area contributed by atoms with Gasteiger partial charge in [0.2, 0.25) is 12.2 Å². The molecule has 3 heterocycles. The second-order valence-corrected chi connectivity index (χ2v) is 8.44. The van der Waals surface area contributed by atoms with Gasteiger partial charge in [-0.3, -0.25) is 4.68 Å². The summed E-state index contributed by atoms with van der Waals surface area (Å²) in [7, 11) is 0. The zero-order valence-electron chi connectivity index (χ0n) is 20.8. The third-order valence-electron chi connectivity index (χ3n) is 5.31. The lowest BCUT2D eigenvalue weighted by Crippen LogP contribution is -2.40. The van der Waals surface area contributed by atoms with Gasteiger partial charge in [0.1, 0.15) is 0 Å². The maximum atomic E-state index is 10.4. The predicted octanol–water partition coefficient (Wildman–Crippen LogP) is 4.27. The lowest BCUT2D eigenvalue weighted by molar-refractivity contribution is -0.186. The Hall–Kier alpha value is -2.32. The molecule has 0 bridgehead atoms. The number of ether oxygens (including phenoxy) is 3. The van der Waals surface area contributed by atoms with Gasteiger partial charge in [0.25, 0.3) is 0 Å². The summed E-state index contributed by atoms with van der Waals surface area (Å²) >= 11 is 0. The van der Waals surface area contributed by atoms with Crippen LogP contribution in [0, 0.1) is 19.8 Å². The van der Waals surface area contributed by atoms with Crippen molar-refractivity contribution in [3.05, 3.63) is 35.1 Å². The van der Waals surface area contributed by atoms with Gasteiger partial charge in [-0.2, -0.15) is 13.2 Å². The van der Waals surface area contributed by atoms with E-state index >= 15 is 0 Å². The third-order valence-corrected chi connectivity index (χ3v) is 5.31. The monoisotopic (exact) mass is 502 g/mol. The van der Waals surface area contributed by atoms with E-state index in [-0.39, 0.29) is 19.6 Å². The molecular formula is C25H37F3N2O5. The van der Waals surface area contributed by atoms with E-state index in [9.17, 15) is 23.4 Å². The second-order valence-electron chi connectivity index (χ2n) is 8.44.